The second-order valence-electron chi connectivity index (χ2n) is 5.27. The number of aromatic nitrogens is 2. The molecule has 26 heavy (non-hydrogen) atoms. The summed E-state index contributed by atoms with van der Waals surface area (Å²) in [4.78, 5) is 36.6. The Morgan fingerprint density at radius 3 is 2.27 bits per heavy atom. The highest BCUT2D eigenvalue weighted by Crippen LogP contribution is 2.29. The zero-order valence-corrected chi connectivity index (χ0v) is 16.7. The minimum absolute atomic E-state index is 0.0226. The number of hydrogen-bond donors (Lipinski definition) is 1. The summed E-state index contributed by atoms with van der Waals surface area (Å²) in [6.45, 7) is -0.0226. The largest absolute Gasteiger partial charge is 0.347 e. The molecule has 0 aliphatic heterocycles. The Balaban J connectivity index is 1.73. The first-order chi connectivity index (χ1) is 12.5. The van der Waals surface area contributed by atoms with Crippen LogP contribution in [-0.2, 0) is 9.59 Å². The Hall–Kier alpha value is -1.91. The lowest BCUT2D eigenvalue weighted by Crippen LogP contribution is -2.36. The fraction of sp³-hybridized carbons (Fsp3) is 0.312. The Morgan fingerprint density at radius 1 is 1.04 bits per heavy atom. The van der Waals surface area contributed by atoms with Crippen molar-refractivity contribution in [3.63, 3.8) is 0 Å². The summed E-state index contributed by atoms with van der Waals surface area (Å²) in [5.74, 6) is 0.0687. The minimum atomic E-state index is -0.242. The SMILES string of the molecule is CN(C)C(=O)CNC(=O)CSc1nnc(SCC(=O)c2ccccc2)s1. The van der Waals surface area contributed by atoms with Crippen LogP contribution >= 0.6 is 34.9 Å². The van der Waals surface area contributed by atoms with E-state index in [9.17, 15) is 14.4 Å². The van der Waals surface area contributed by atoms with Crippen molar-refractivity contribution >= 4 is 52.5 Å². The van der Waals surface area contributed by atoms with Gasteiger partial charge in [0.1, 0.15) is 0 Å². The molecule has 0 unspecified atom stereocenters. The predicted molar refractivity (Wildman–Crippen MR) is 104 cm³/mol. The number of likely N-dealkylation sites (N-methyl/N-ethyl adjacent to an activating group) is 1. The van der Waals surface area contributed by atoms with Crippen molar-refractivity contribution < 1.29 is 14.4 Å². The Bertz CT molecular complexity index is 765. The first kappa shape index (κ1) is 20.4. The minimum Gasteiger partial charge on any atom is -0.347 e. The van der Waals surface area contributed by atoms with Crippen molar-refractivity contribution in [1.29, 1.82) is 0 Å². The molecule has 138 valence electrons. The van der Waals surface area contributed by atoms with Crippen LogP contribution in [-0.4, -0.2) is 64.8 Å². The van der Waals surface area contributed by atoms with Crippen molar-refractivity contribution in [2.75, 3.05) is 32.1 Å². The smallest absolute Gasteiger partial charge is 0.241 e. The number of rotatable bonds is 9. The normalized spacial score (nSPS) is 10.4. The topological polar surface area (TPSA) is 92.3 Å². The number of carbonyl (C=O) groups excluding carboxylic acids is 3. The van der Waals surface area contributed by atoms with Gasteiger partial charge in [0.25, 0.3) is 0 Å². The summed E-state index contributed by atoms with van der Waals surface area (Å²) in [5, 5.41) is 10.6. The highest BCUT2D eigenvalue weighted by molar-refractivity contribution is 8.03. The van der Waals surface area contributed by atoms with E-state index in [-0.39, 0.29) is 35.6 Å². The molecule has 0 spiro atoms. The summed E-state index contributed by atoms with van der Waals surface area (Å²) >= 11 is 3.91. The van der Waals surface area contributed by atoms with Gasteiger partial charge in [-0.25, -0.2) is 0 Å². The molecule has 0 bridgehead atoms. The van der Waals surface area contributed by atoms with Gasteiger partial charge in [-0.2, -0.15) is 0 Å². The number of amides is 2. The molecule has 2 rings (SSSR count). The maximum Gasteiger partial charge on any atom is 0.241 e. The van der Waals surface area contributed by atoms with Gasteiger partial charge in [-0.15, -0.1) is 10.2 Å². The van der Waals surface area contributed by atoms with Crippen LogP contribution in [0.1, 0.15) is 10.4 Å². The van der Waals surface area contributed by atoms with Crippen LogP contribution in [0.4, 0.5) is 0 Å². The molecule has 10 heteroatoms. The lowest BCUT2D eigenvalue weighted by Gasteiger charge is -2.10. The van der Waals surface area contributed by atoms with Gasteiger partial charge in [-0.3, -0.25) is 14.4 Å². The highest BCUT2D eigenvalue weighted by Gasteiger charge is 2.12. The van der Waals surface area contributed by atoms with E-state index in [1.165, 1.54) is 39.8 Å². The fourth-order valence-electron chi connectivity index (χ4n) is 1.66. The molecule has 2 amide bonds. The highest BCUT2D eigenvalue weighted by atomic mass is 32.2. The molecule has 0 aliphatic rings. The molecule has 0 saturated heterocycles. The fourth-order valence-corrected chi connectivity index (χ4v) is 4.40. The van der Waals surface area contributed by atoms with Crippen LogP contribution in [0.15, 0.2) is 39.0 Å². The number of nitrogens with one attached hydrogen (secondary N) is 1. The predicted octanol–water partition coefficient (Wildman–Crippen LogP) is 1.81. The molecule has 0 radical (unpaired) electrons. The van der Waals surface area contributed by atoms with E-state index in [4.69, 9.17) is 0 Å². The van der Waals surface area contributed by atoms with Crippen LogP contribution in [0.2, 0.25) is 0 Å². The summed E-state index contributed by atoms with van der Waals surface area (Å²) in [5.41, 5.74) is 0.669. The van der Waals surface area contributed by atoms with Gasteiger partial charge in [0.2, 0.25) is 11.8 Å². The number of hydrogen-bond acceptors (Lipinski definition) is 8. The summed E-state index contributed by atoms with van der Waals surface area (Å²) in [7, 11) is 3.26. The van der Waals surface area contributed by atoms with Gasteiger partial charge in [-0.05, 0) is 0 Å². The molecule has 0 saturated carbocycles. The van der Waals surface area contributed by atoms with Gasteiger partial charge >= 0.3 is 0 Å². The van der Waals surface area contributed by atoms with Gasteiger partial charge in [0, 0.05) is 19.7 Å². The molecule has 1 N–H and O–H groups in total. The third-order valence-corrected chi connectivity index (χ3v) is 6.26. The quantitative estimate of drug-likeness (QED) is 0.498. The molecule has 1 heterocycles. The number of nitrogens with zero attached hydrogens (tertiary/aromatic N) is 3. The van der Waals surface area contributed by atoms with Gasteiger partial charge in [-0.1, -0.05) is 65.2 Å². The number of Topliss-reactive ketones (excluding diaryl/α,β-unsaturated/α-hetero) is 1. The molecule has 2 aromatic rings. The van der Waals surface area contributed by atoms with Crippen LogP contribution in [0, 0.1) is 0 Å². The summed E-state index contributed by atoms with van der Waals surface area (Å²) in [6, 6.07) is 9.09. The third kappa shape index (κ3) is 6.77. The average molecular weight is 411 g/mol. The second-order valence-corrected chi connectivity index (χ2v) is 8.69. The Labute approximate surface area is 163 Å². The average Bonchev–Trinajstić information content (AvgIpc) is 3.11. The van der Waals surface area contributed by atoms with Gasteiger partial charge in [0.15, 0.2) is 14.5 Å². The lowest BCUT2D eigenvalue weighted by molar-refractivity contribution is -0.130. The molecular formula is C16H18N4O3S3. The second kappa shape index (κ2) is 10.3. The van der Waals surface area contributed by atoms with Crippen molar-refractivity contribution in [2.24, 2.45) is 0 Å². The molecule has 0 fully saturated rings. The zero-order valence-electron chi connectivity index (χ0n) is 14.3. The van der Waals surface area contributed by atoms with Crippen molar-refractivity contribution in [1.82, 2.24) is 20.4 Å². The zero-order chi connectivity index (χ0) is 18.9. The standard InChI is InChI=1S/C16H18N4O3S3/c1-20(2)14(23)8-17-13(22)10-25-16-19-18-15(26-16)24-9-12(21)11-6-4-3-5-7-11/h3-7H,8-10H2,1-2H3,(H,17,22). The van der Waals surface area contributed by atoms with E-state index >= 15 is 0 Å². The molecule has 7 nitrogen and oxygen atoms in total. The maximum absolute atomic E-state index is 12.1. The first-order valence-electron chi connectivity index (χ1n) is 7.60. The van der Waals surface area contributed by atoms with Gasteiger partial charge in [0.05, 0.1) is 18.1 Å². The Morgan fingerprint density at radius 2 is 1.65 bits per heavy atom. The number of benzene rings is 1. The first-order valence-corrected chi connectivity index (χ1v) is 10.4. The van der Waals surface area contributed by atoms with Crippen LogP contribution < -0.4 is 5.32 Å². The van der Waals surface area contributed by atoms with Crippen molar-refractivity contribution in [2.45, 2.75) is 8.68 Å². The molecule has 1 aromatic carbocycles. The molecule has 0 atom stereocenters. The summed E-state index contributed by atoms with van der Waals surface area (Å²) in [6.07, 6.45) is 0. The van der Waals surface area contributed by atoms with Crippen molar-refractivity contribution in [3.8, 4) is 0 Å². The monoisotopic (exact) mass is 410 g/mol. The van der Waals surface area contributed by atoms with E-state index in [0.717, 1.165) is 0 Å². The molecule has 0 aliphatic carbocycles. The van der Waals surface area contributed by atoms with Gasteiger partial charge < -0.3 is 10.2 Å². The van der Waals surface area contributed by atoms with E-state index in [2.05, 4.69) is 15.5 Å². The molecule has 1 aromatic heterocycles. The Kier molecular flexibility index (Phi) is 8.07. The van der Waals surface area contributed by atoms with Crippen LogP contribution in [0.25, 0.3) is 0 Å². The van der Waals surface area contributed by atoms with E-state index in [1.54, 1.807) is 26.2 Å². The number of carbonyl (C=O) groups is 3. The van der Waals surface area contributed by atoms with Crippen LogP contribution in [0.5, 0.6) is 0 Å². The van der Waals surface area contributed by atoms with Crippen molar-refractivity contribution in [3.05, 3.63) is 35.9 Å². The summed E-state index contributed by atoms with van der Waals surface area (Å²) < 4.78 is 1.33. The lowest BCUT2D eigenvalue weighted by atomic mass is 10.2. The van der Waals surface area contributed by atoms with E-state index in [1.807, 2.05) is 18.2 Å². The maximum atomic E-state index is 12.1. The number of ketones is 1. The van der Waals surface area contributed by atoms with Crippen LogP contribution in [0.3, 0.4) is 0 Å². The number of thioether (sulfide) groups is 2. The molecular weight excluding hydrogens is 392 g/mol. The third-order valence-electron chi connectivity index (χ3n) is 3.07. The van der Waals surface area contributed by atoms with E-state index in [0.29, 0.717) is 14.2 Å². The van der Waals surface area contributed by atoms with E-state index < -0.39 is 0 Å².